The van der Waals surface area contributed by atoms with Crippen molar-refractivity contribution >= 4 is 5.91 Å². The van der Waals surface area contributed by atoms with Gasteiger partial charge in [-0.1, -0.05) is 44.2 Å². The molecule has 3 heteroatoms. The van der Waals surface area contributed by atoms with Crippen LogP contribution in [0.2, 0.25) is 0 Å². The third-order valence-electron chi connectivity index (χ3n) is 2.70. The third kappa shape index (κ3) is 6.40. The van der Waals surface area contributed by atoms with Crippen LogP contribution in [0.15, 0.2) is 30.3 Å². The molecule has 2 N–H and O–H groups in total. The molecule has 1 amide bonds. The first kappa shape index (κ1) is 14.7. The number of rotatable bonds is 7. The van der Waals surface area contributed by atoms with Crippen LogP contribution in [-0.2, 0) is 11.2 Å². The monoisotopic (exact) mass is 248 g/mol. The van der Waals surface area contributed by atoms with Crippen LogP contribution in [-0.4, -0.2) is 25.0 Å². The summed E-state index contributed by atoms with van der Waals surface area (Å²) >= 11 is 0. The van der Waals surface area contributed by atoms with Crippen molar-refractivity contribution in [2.75, 3.05) is 13.1 Å². The molecule has 100 valence electrons. The average molecular weight is 248 g/mol. The summed E-state index contributed by atoms with van der Waals surface area (Å²) in [4.78, 5) is 11.5. The number of carbonyl (C=O) groups excluding carboxylic acids is 1. The van der Waals surface area contributed by atoms with Gasteiger partial charge in [0, 0.05) is 12.6 Å². The van der Waals surface area contributed by atoms with Crippen molar-refractivity contribution in [3.63, 3.8) is 0 Å². The summed E-state index contributed by atoms with van der Waals surface area (Å²) in [6.07, 6.45) is 0.943. The Morgan fingerprint density at radius 2 is 1.83 bits per heavy atom. The van der Waals surface area contributed by atoms with Crippen LogP contribution < -0.4 is 10.6 Å². The summed E-state index contributed by atoms with van der Waals surface area (Å²) in [5.41, 5.74) is 1.29. The molecule has 3 nitrogen and oxygen atoms in total. The van der Waals surface area contributed by atoms with Gasteiger partial charge in [0.05, 0.1) is 6.54 Å². The second-order valence-corrected chi connectivity index (χ2v) is 5.17. The molecule has 1 unspecified atom stereocenters. The maximum atomic E-state index is 11.5. The number of carbonyl (C=O) groups is 1. The second kappa shape index (κ2) is 7.88. The van der Waals surface area contributed by atoms with E-state index in [1.807, 2.05) is 18.2 Å². The Morgan fingerprint density at radius 3 is 2.44 bits per heavy atom. The van der Waals surface area contributed by atoms with Crippen molar-refractivity contribution in [2.45, 2.75) is 33.2 Å². The van der Waals surface area contributed by atoms with Gasteiger partial charge in [-0.2, -0.15) is 0 Å². The fraction of sp³-hybridized carbons (Fsp3) is 0.533. The van der Waals surface area contributed by atoms with E-state index in [0.717, 1.165) is 13.0 Å². The predicted octanol–water partition coefficient (Wildman–Crippen LogP) is 1.98. The normalized spacial score (nSPS) is 12.4. The third-order valence-corrected chi connectivity index (χ3v) is 2.70. The molecular formula is C15H24N2O. The molecule has 0 saturated heterocycles. The van der Waals surface area contributed by atoms with E-state index in [1.165, 1.54) is 5.56 Å². The van der Waals surface area contributed by atoms with E-state index in [-0.39, 0.29) is 5.91 Å². The highest BCUT2D eigenvalue weighted by atomic mass is 16.1. The molecule has 0 spiro atoms. The Morgan fingerprint density at radius 1 is 1.17 bits per heavy atom. The SMILES string of the molecule is CC(C)CNC(=O)CNC(C)Cc1ccccc1. The number of nitrogens with one attached hydrogen (secondary N) is 2. The highest BCUT2D eigenvalue weighted by molar-refractivity contribution is 5.77. The maximum absolute atomic E-state index is 11.5. The highest BCUT2D eigenvalue weighted by Gasteiger charge is 2.06. The van der Waals surface area contributed by atoms with Crippen molar-refractivity contribution in [2.24, 2.45) is 5.92 Å². The van der Waals surface area contributed by atoms with E-state index in [2.05, 4.69) is 43.5 Å². The van der Waals surface area contributed by atoms with Crippen LogP contribution in [0, 0.1) is 5.92 Å². The topological polar surface area (TPSA) is 41.1 Å². The molecule has 1 aromatic rings. The van der Waals surface area contributed by atoms with Gasteiger partial charge in [0.15, 0.2) is 0 Å². The lowest BCUT2D eigenvalue weighted by Crippen LogP contribution is -2.39. The zero-order valence-corrected chi connectivity index (χ0v) is 11.6. The Bertz CT molecular complexity index is 349. The van der Waals surface area contributed by atoms with E-state index in [1.54, 1.807) is 0 Å². The zero-order valence-electron chi connectivity index (χ0n) is 11.6. The fourth-order valence-electron chi connectivity index (χ4n) is 1.69. The zero-order chi connectivity index (χ0) is 13.4. The molecule has 0 aliphatic carbocycles. The molecule has 1 aromatic carbocycles. The van der Waals surface area contributed by atoms with Crippen LogP contribution in [0.4, 0.5) is 0 Å². The van der Waals surface area contributed by atoms with Crippen LogP contribution in [0.1, 0.15) is 26.3 Å². The molecular weight excluding hydrogens is 224 g/mol. The summed E-state index contributed by atoms with van der Waals surface area (Å²) in [6.45, 7) is 7.41. The molecule has 0 aliphatic rings. The van der Waals surface area contributed by atoms with Crippen LogP contribution in [0.25, 0.3) is 0 Å². The average Bonchev–Trinajstić information content (AvgIpc) is 2.35. The molecule has 0 aliphatic heterocycles. The molecule has 0 radical (unpaired) electrons. The fourth-order valence-corrected chi connectivity index (χ4v) is 1.69. The van der Waals surface area contributed by atoms with Gasteiger partial charge < -0.3 is 10.6 Å². The first-order valence-corrected chi connectivity index (χ1v) is 6.62. The standard InChI is InChI=1S/C15H24N2O/c1-12(2)10-17-15(18)11-16-13(3)9-14-7-5-4-6-8-14/h4-8,12-13,16H,9-11H2,1-3H3,(H,17,18). The van der Waals surface area contributed by atoms with Crippen molar-refractivity contribution in [1.29, 1.82) is 0 Å². The lowest BCUT2D eigenvalue weighted by molar-refractivity contribution is -0.120. The summed E-state index contributed by atoms with van der Waals surface area (Å²) in [7, 11) is 0. The molecule has 0 saturated carbocycles. The van der Waals surface area contributed by atoms with E-state index < -0.39 is 0 Å². The van der Waals surface area contributed by atoms with Crippen LogP contribution >= 0.6 is 0 Å². The van der Waals surface area contributed by atoms with Gasteiger partial charge in [0.1, 0.15) is 0 Å². The largest absolute Gasteiger partial charge is 0.355 e. The van der Waals surface area contributed by atoms with Gasteiger partial charge in [-0.15, -0.1) is 0 Å². The summed E-state index contributed by atoms with van der Waals surface area (Å²) in [6, 6.07) is 10.6. The smallest absolute Gasteiger partial charge is 0.233 e. The van der Waals surface area contributed by atoms with Gasteiger partial charge in [-0.05, 0) is 24.8 Å². The first-order chi connectivity index (χ1) is 8.58. The van der Waals surface area contributed by atoms with Crippen molar-refractivity contribution in [3.05, 3.63) is 35.9 Å². The second-order valence-electron chi connectivity index (χ2n) is 5.17. The minimum absolute atomic E-state index is 0.0728. The van der Waals surface area contributed by atoms with E-state index in [4.69, 9.17) is 0 Å². The Labute approximate surface area is 110 Å². The molecule has 1 atom stereocenters. The number of benzene rings is 1. The maximum Gasteiger partial charge on any atom is 0.233 e. The molecule has 0 heterocycles. The highest BCUT2D eigenvalue weighted by Crippen LogP contribution is 2.02. The van der Waals surface area contributed by atoms with E-state index in [0.29, 0.717) is 18.5 Å². The summed E-state index contributed by atoms with van der Waals surface area (Å²) in [5, 5.41) is 6.14. The van der Waals surface area contributed by atoms with Crippen molar-refractivity contribution in [3.8, 4) is 0 Å². The van der Waals surface area contributed by atoms with Crippen LogP contribution in [0.3, 0.4) is 0 Å². The Kier molecular flexibility index (Phi) is 6.44. The molecule has 0 aromatic heterocycles. The van der Waals surface area contributed by atoms with Gasteiger partial charge in [0.2, 0.25) is 5.91 Å². The number of amides is 1. The molecule has 0 fully saturated rings. The molecule has 1 rings (SSSR count). The molecule has 0 bridgehead atoms. The summed E-state index contributed by atoms with van der Waals surface area (Å²) < 4.78 is 0. The van der Waals surface area contributed by atoms with E-state index >= 15 is 0 Å². The van der Waals surface area contributed by atoms with Gasteiger partial charge in [-0.25, -0.2) is 0 Å². The lowest BCUT2D eigenvalue weighted by atomic mass is 10.1. The van der Waals surface area contributed by atoms with E-state index in [9.17, 15) is 4.79 Å². The molecule has 18 heavy (non-hydrogen) atoms. The lowest BCUT2D eigenvalue weighted by Gasteiger charge is -2.14. The predicted molar refractivity (Wildman–Crippen MR) is 75.5 cm³/mol. The first-order valence-electron chi connectivity index (χ1n) is 6.62. The van der Waals surface area contributed by atoms with Gasteiger partial charge >= 0.3 is 0 Å². The Hall–Kier alpha value is -1.35. The minimum Gasteiger partial charge on any atom is -0.355 e. The minimum atomic E-state index is 0.0728. The van der Waals surface area contributed by atoms with Crippen LogP contribution in [0.5, 0.6) is 0 Å². The quantitative estimate of drug-likeness (QED) is 0.774. The number of hydrogen-bond donors (Lipinski definition) is 2. The van der Waals surface area contributed by atoms with Gasteiger partial charge in [-0.3, -0.25) is 4.79 Å². The van der Waals surface area contributed by atoms with Crippen molar-refractivity contribution < 1.29 is 4.79 Å². The summed E-state index contributed by atoms with van der Waals surface area (Å²) in [5.74, 6) is 0.569. The number of hydrogen-bond acceptors (Lipinski definition) is 2. The van der Waals surface area contributed by atoms with Crippen molar-refractivity contribution in [1.82, 2.24) is 10.6 Å². The van der Waals surface area contributed by atoms with Gasteiger partial charge in [0.25, 0.3) is 0 Å². The Balaban J connectivity index is 2.21.